The number of rotatable bonds is 1. The highest BCUT2D eigenvalue weighted by Gasteiger charge is 2.50. The molecule has 1 saturated heterocycles. The van der Waals surface area contributed by atoms with Gasteiger partial charge < -0.3 is 5.73 Å². The third-order valence-electron chi connectivity index (χ3n) is 2.69. The van der Waals surface area contributed by atoms with Gasteiger partial charge in [0.15, 0.2) is 0 Å². The van der Waals surface area contributed by atoms with Gasteiger partial charge in [-0.3, -0.25) is 0 Å². The van der Waals surface area contributed by atoms with Crippen LogP contribution in [0.15, 0.2) is 30.3 Å². The summed E-state index contributed by atoms with van der Waals surface area (Å²) >= 11 is 0. The molecule has 88 valence electrons. The van der Waals surface area contributed by atoms with Crippen molar-refractivity contribution in [2.75, 3.05) is 0 Å². The van der Waals surface area contributed by atoms with Gasteiger partial charge in [0.25, 0.3) is 0 Å². The van der Waals surface area contributed by atoms with Gasteiger partial charge in [-0.2, -0.15) is 13.2 Å². The van der Waals surface area contributed by atoms with Crippen molar-refractivity contribution in [1.29, 1.82) is 0 Å². The molecule has 1 heterocycles. The van der Waals surface area contributed by atoms with Crippen molar-refractivity contribution < 1.29 is 13.2 Å². The molecule has 0 aliphatic carbocycles. The van der Waals surface area contributed by atoms with Gasteiger partial charge in [-0.1, -0.05) is 30.3 Å². The largest absolute Gasteiger partial charge is 0.405 e. The summed E-state index contributed by atoms with van der Waals surface area (Å²) in [5.74, 6) is -0.804. The number of halogens is 3. The molecule has 6 heteroatoms. The molecule has 4 N–H and O–H groups in total. The van der Waals surface area contributed by atoms with E-state index in [1.807, 2.05) is 0 Å². The first-order valence-electron chi connectivity index (χ1n) is 4.88. The van der Waals surface area contributed by atoms with E-state index in [1.54, 1.807) is 30.3 Å². The number of benzene rings is 1. The molecular formula is C10H12F3N3. The SMILES string of the molecule is NC1NNC(C(F)(F)F)C1c1ccccc1. The zero-order chi connectivity index (χ0) is 11.8. The summed E-state index contributed by atoms with van der Waals surface area (Å²) in [6, 6.07) is 6.81. The van der Waals surface area contributed by atoms with E-state index in [4.69, 9.17) is 5.73 Å². The number of nitrogens with one attached hydrogen (secondary N) is 2. The van der Waals surface area contributed by atoms with Crippen LogP contribution in [0.5, 0.6) is 0 Å². The molecule has 1 aliphatic rings. The predicted octanol–water partition coefficient (Wildman–Crippen LogP) is 1.09. The summed E-state index contributed by atoms with van der Waals surface area (Å²) in [6.45, 7) is 0. The number of hydrogen-bond donors (Lipinski definition) is 3. The van der Waals surface area contributed by atoms with Crippen LogP contribution in [0.1, 0.15) is 11.5 Å². The fourth-order valence-corrected chi connectivity index (χ4v) is 1.93. The van der Waals surface area contributed by atoms with Crippen LogP contribution in [0.3, 0.4) is 0 Å². The third kappa shape index (κ3) is 2.04. The monoisotopic (exact) mass is 231 g/mol. The Kier molecular flexibility index (Phi) is 2.88. The molecule has 0 spiro atoms. The summed E-state index contributed by atoms with van der Waals surface area (Å²) < 4.78 is 38.1. The Labute approximate surface area is 90.8 Å². The summed E-state index contributed by atoms with van der Waals surface area (Å²) in [5.41, 5.74) is 10.8. The van der Waals surface area contributed by atoms with E-state index in [0.717, 1.165) is 0 Å². The van der Waals surface area contributed by atoms with Crippen molar-refractivity contribution in [2.45, 2.75) is 24.3 Å². The average Bonchev–Trinajstić information content (AvgIpc) is 2.61. The summed E-state index contributed by atoms with van der Waals surface area (Å²) in [5, 5.41) is 0. The van der Waals surface area contributed by atoms with Gasteiger partial charge in [-0.05, 0) is 5.56 Å². The minimum absolute atomic E-state index is 0.579. The molecule has 3 nitrogen and oxygen atoms in total. The van der Waals surface area contributed by atoms with E-state index in [2.05, 4.69) is 10.9 Å². The molecule has 1 aromatic carbocycles. The Morgan fingerprint density at radius 1 is 1.06 bits per heavy atom. The van der Waals surface area contributed by atoms with Crippen molar-refractivity contribution in [3.05, 3.63) is 35.9 Å². The lowest BCUT2D eigenvalue weighted by Gasteiger charge is -2.23. The van der Waals surface area contributed by atoms with E-state index in [-0.39, 0.29) is 0 Å². The average molecular weight is 231 g/mol. The summed E-state index contributed by atoms with van der Waals surface area (Å²) in [6.07, 6.45) is -5.06. The van der Waals surface area contributed by atoms with Crippen molar-refractivity contribution >= 4 is 0 Å². The molecule has 1 fully saturated rings. The second-order valence-electron chi connectivity index (χ2n) is 3.77. The maximum Gasteiger partial charge on any atom is 0.405 e. The molecule has 1 aliphatic heterocycles. The van der Waals surface area contributed by atoms with Gasteiger partial charge >= 0.3 is 6.18 Å². The van der Waals surface area contributed by atoms with E-state index in [1.165, 1.54) is 0 Å². The number of hydrazine groups is 1. The fourth-order valence-electron chi connectivity index (χ4n) is 1.93. The molecule has 0 saturated carbocycles. The predicted molar refractivity (Wildman–Crippen MR) is 53.3 cm³/mol. The molecule has 0 aromatic heterocycles. The topological polar surface area (TPSA) is 50.1 Å². The van der Waals surface area contributed by atoms with Crippen molar-refractivity contribution in [3.63, 3.8) is 0 Å². The van der Waals surface area contributed by atoms with Gasteiger partial charge in [0, 0.05) is 5.92 Å². The molecule has 16 heavy (non-hydrogen) atoms. The van der Waals surface area contributed by atoms with Crippen molar-refractivity contribution in [1.82, 2.24) is 10.9 Å². The number of hydrogen-bond acceptors (Lipinski definition) is 3. The molecule has 3 unspecified atom stereocenters. The molecule has 3 atom stereocenters. The van der Waals surface area contributed by atoms with Crippen LogP contribution >= 0.6 is 0 Å². The van der Waals surface area contributed by atoms with Crippen molar-refractivity contribution in [2.24, 2.45) is 5.73 Å². The Morgan fingerprint density at radius 2 is 1.69 bits per heavy atom. The zero-order valence-corrected chi connectivity index (χ0v) is 8.33. The molecule has 0 radical (unpaired) electrons. The second-order valence-corrected chi connectivity index (χ2v) is 3.77. The van der Waals surface area contributed by atoms with Crippen LogP contribution in [0.4, 0.5) is 13.2 Å². The lowest BCUT2D eigenvalue weighted by atomic mass is 9.90. The smallest absolute Gasteiger partial charge is 0.314 e. The molecule has 2 rings (SSSR count). The zero-order valence-electron chi connectivity index (χ0n) is 8.33. The molecule has 0 amide bonds. The van der Waals surface area contributed by atoms with Gasteiger partial charge in [0.05, 0.1) is 6.17 Å². The Balaban J connectivity index is 2.30. The van der Waals surface area contributed by atoms with E-state index in [9.17, 15) is 13.2 Å². The van der Waals surface area contributed by atoms with Crippen LogP contribution in [-0.2, 0) is 0 Å². The van der Waals surface area contributed by atoms with E-state index < -0.39 is 24.3 Å². The van der Waals surface area contributed by atoms with Crippen molar-refractivity contribution in [3.8, 4) is 0 Å². The first-order chi connectivity index (χ1) is 7.50. The van der Waals surface area contributed by atoms with Crippen LogP contribution < -0.4 is 16.6 Å². The minimum Gasteiger partial charge on any atom is -0.314 e. The highest BCUT2D eigenvalue weighted by Crippen LogP contribution is 2.35. The van der Waals surface area contributed by atoms with Crippen LogP contribution in [-0.4, -0.2) is 18.4 Å². The van der Waals surface area contributed by atoms with E-state index in [0.29, 0.717) is 5.56 Å². The highest BCUT2D eigenvalue weighted by atomic mass is 19.4. The van der Waals surface area contributed by atoms with Crippen LogP contribution in [0, 0.1) is 0 Å². The first-order valence-corrected chi connectivity index (χ1v) is 4.88. The quantitative estimate of drug-likeness (QED) is 0.678. The lowest BCUT2D eigenvalue weighted by molar-refractivity contribution is -0.156. The lowest BCUT2D eigenvalue weighted by Crippen LogP contribution is -2.43. The minimum atomic E-state index is -4.32. The maximum atomic E-state index is 12.7. The second kappa shape index (κ2) is 4.04. The Morgan fingerprint density at radius 3 is 2.25 bits per heavy atom. The number of alkyl halides is 3. The molecular weight excluding hydrogens is 219 g/mol. The van der Waals surface area contributed by atoms with E-state index >= 15 is 0 Å². The highest BCUT2D eigenvalue weighted by molar-refractivity contribution is 5.25. The van der Waals surface area contributed by atoms with Gasteiger partial charge in [0.2, 0.25) is 0 Å². The standard InChI is InChI=1S/C10H12F3N3/c11-10(12,13)8-7(9(14)16-15-8)6-4-2-1-3-5-6/h1-5,7-9,15-16H,14H2. The van der Waals surface area contributed by atoms with Crippen LogP contribution in [0.2, 0.25) is 0 Å². The normalized spacial score (nSPS) is 30.6. The van der Waals surface area contributed by atoms with Gasteiger partial charge in [-0.15, -0.1) is 0 Å². The van der Waals surface area contributed by atoms with Gasteiger partial charge in [-0.25, -0.2) is 10.9 Å². The molecule has 0 bridgehead atoms. The fraction of sp³-hybridized carbons (Fsp3) is 0.400. The Hall–Kier alpha value is -1.11. The molecule has 1 aromatic rings. The first kappa shape index (κ1) is 11.4. The van der Waals surface area contributed by atoms with Gasteiger partial charge in [0.1, 0.15) is 6.04 Å². The number of nitrogens with two attached hydrogens (primary N) is 1. The third-order valence-corrected chi connectivity index (χ3v) is 2.69. The summed E-state index contributed by atoms with van der Waals surface area (Å²) in [7, 11) is 0. The van der Waals surface area contributed by atoms with Crippen LogP contribution in [0.25, 0.3) is 0 Å². The maximum absolute atomic E-state index is 12.7. The Bertz CT molecular complexity index is 352. The summed E-state index contributed by atoms with van der Waals surface area (Å²) in [4.78, 5) is 0.